The first-order valence-electron chi connectivity index (χ1n) is 12.8. The highest BCUT2D eigenvalue weighted by molar-refractivity contribution is 6.46. The van der Waals surface area contributed by atoms with Gasteiger partial charge in [-0.15, -0.1) is 0 Å². The Hall–Kier alpha value is -3.28. The van der Waals surface area contributed by atoms with Gasteiger partial charge >= 0.3 is 0 Å². The van der Waals surface area contributed by atoms with E-state index in [-0.39, 0.29) is 11.3 Å². The van der Waals surface area contributed by atoms with Crippen molar-refractivity contribution >= 4 is 17.4 Å². The molecule has 2 aromatic rings. The number of hydrogen-bond acceptors (Lipinski definition) is 5. The molecule has 1 unspecified atom stereocenters. The summed E-state index contributed by atoms with van der Waals surface area (Å²) in [6.07, 6.45) is 5.98. The summed E-state index contributed by atoms with van der Waals surface area (Å²) >= 11 is 0. The highest BCUT2D eigenvalue weighted by Gasteiger charge is 2.45. The van der Waals surface area contributed by atoms with E-state index >= 15 is 0 Å². The Bertz CT molecular complexity index is 1010. The van der Waals surface area contributed by atoms with E-state index in [4.69, 9.17) is 9.47 Å². The zero-order chi connectivity index (χ0) is 25.2. The van der Waals surface area contributed by atoms with Gasteiger partial charge in [0.25, 0.3) is 11.7 Å². The molecule has 1 fully saturated rings. The molecule has 1 heterocycles. The van der Waals surface area contributed by atoms with Crippen LogP contribution < -0.4 is 9.47 Å². The van der Waals surface area contributed by atoms with Crippen molar-refractivity contribution < 1.29 is 24.2 Å². The van der Waals surface area contributed by atoms with Gasteiger partial charge in [0.1, 0.15) is 17.3 Å². The van der Waals surface area contributed by atoms with E-state index in [1.807, 2.05) is 31.2 Å². The molecule has 0 spiro atoms. The lowest BCUT2D eigenvalue weighted by Crippen LogP contribution is -2.30. The maximum atomic E-state index is 13.1. The van der Waals surface area contributed by atoms with E-state index in [0.29, 0.717) is 36.8 Å². The summed E-state index contributed by atoms with van der Waals surface area (Å²) in [6.45, 7) is 7.80. The van der Waals surface area contributed by atoms with Crippen LogP contribution in [0.5, 0.6) is 11.5 Å². The lowest BCUT2D eigenvalue weighted by Gasteiger charge is -2.25. The van der Waals surface area contributed by atoms with E-state index in [0.717, 1.165) is 44.1 Å². The largest absolute Gasteiger partial charge is 0.507 e. The first kappa shape index (κ1) is 26.3. The summed E-state index contributed by atoms with van der Waals surface area (Å²) in [5.41, 5.74) is 1.36. The molecular weight excluding hydrogens is 442 g/mol. The fourth-order valence-corrected chi connectivity index (χ4v) is 4.31. The molecule has 1 amide bonds. The van der Waals surface area contributed by atoms with Gasteiger partial charge in [0.2, 0.25) is 0 Å². The number of amides is 1. The minimum atomic E-state index is -0.655. The van der Waals surface area contributed by atoms with Gasteiger partial charge in [-0.1, -0.05) is 51.7 Å². The molecule has 1 aliphatic heterocycles. The van der Waals surface area contributed by atoms with Crippen LogP contribution in [0, 0.1) is 0 Å². The lowest BCUT2D eigenvalue weighted by atomic mass is 9.95. The Morgan fingerprint density at radius 1 is 0.829 bits per heavy atom. The maximum absolute atomic E-state index is 13.1. The molecule has 0 bridgehead atoms. The van der Waals surface area contributed by atoms with Gasteiger partial charge < -0.3 is 19.5 Å². The molecular formula is C29H37NO5. The number of unbranched alkanes of at least 4 members (excludes halogenated alkanes) is 4. The summed E-state index contributed by atoms with van der Waals surface area (Å²) in [5, 5.41) is 11.2. The van der Waals surface area contributed by atoms with Gasteiger partial charge in [-0.25, -0.2) is 0 Å². The van der Waals surface area contributed by atoms with Crippen molar-refractivity contribution in [3.8, 4) is 11.5 Å². The van der Waals surface area contributed by atoms with Crippen molar-refractivity contribution in [1.29, 1.82) is 0 Å². The minimum Gasteiger partial charge on any atom is -0.507 e. The summed E-state index contributed by atoms with van der Waals surface area (Å²) < 4.78 is 11.3. The molecule has 35 heavy (non-hydrogen) atoms. The molecule has 6 nitrogen and oxygen atoms in total. The number of carbonyl (C=O) groups excluding carboxylic acids is 2. The van der Waals surface area contributed by atoms with Crippen molar-refractivity contribution in [3.05, 3.63) is 65.2 Å². The van der Waals surface area contributed by atoms with Crippen LogP contribution in [0.3, 0.4) is 0 Å². The third-order valence-electron chi connectivity index (χ3n) is 6.19. The van der Waals surface area contributed by atoms with Crippen molar-refractivity contribution in [1.82, 2.24) is 4.90 Å². The second kappa shape index (κ2) is 13.0. The smallest absolute Gasteiger partial charge is 0.295 e. The average Bonchev–Trinajstić information content (AvgIpc) is 3.12. The molecule has 1 atom stereocenters. The molecule has 0 aliphatic carbocycles. The Morgan fingerprint density at radius 3 is 2.06 bits per heavy atom. The van der Waals surface area contributed by atoms with Crippen molar-refractivity contribution in [2.24, 2.45) is 0 Å². The van der Waals surface area contributed by atoms with Crippen LogP contribution in [0.4, 0.5) is 0 Å². The molecule has 2 aromatic carbocycles. The number of nitrogens with zero attached hydrogens (tertiary/aromatic N) is 1. The normalized spacial score (nSPS) is 17.1. The van der Waals surface area contributed by atoms with Crippen LogP contribution in [-0.4, -0.2) is 41.5 Å². The number of aliphatic hydroxyl groups excluding tert-OH is 1. The molecule has 188 valence electrons. The number of aliphatic hydroxyl groups is 1. The van der Waals surface area contributed by atoms with E-state index in [9.17, 15) is 14.7 Å². The Kier molecular flexibility index (Phi) is 9.76. The Balaban J connectivity index is 1.94. The molecule has 1 aliphatic rings. The standard InChI is InChI=1S/C29H37NO5/c1-4-7-9-19-30-26(21-11-15-23(16-12-21)34-6-3)25(28(32)29(30)33)27(31)22-13-17-24(18-14-22)35-20-10-8-5-2/h11-18,26,31H,4-10,19-20H2,1-3H3/b27-25-. The second-order valence-corrected chi connectivity index (χ2v) is 8.78. The van der Waals surface area contributed by atoms with Gasteiger partial charge in [0.05, 0.1) is 24.8 Å². The lowest BCUT2D eigenvalue weighted by molar-refractivity contribution is -0.139. The molecule has 0 radical (unpaired) electrons. The SMILES string of the molecule is CCCCCOc1ccc(/C(O)=C2/C(=O)C(=O)N(CCCCC)C2c2ccc(OCC)cc2)cc1. The number of likely N-dealkylation sites (tertiary alicyclic amines) is 1. The third kappa shape index (κ3) is 6.44. The number of rotatable bonds is 13. The highest BCUT2D eigenvalue weighted by Crippen LogP contribution is 2.40. The van der Waals surface area contributed by atoms with Crippen LogP contribution >= 0.6 is 0 Å². The monoisotopic (exact) mass is 479 g/mol. The highest BCUT2D eigenvalue weighted by atomic mass is 16.5. The van der Waals surface area contributed by atoms with Gasteiger partial charge in [-0.2, -0.15) is 0 Å². The first-order valence-corrected chi connectivity index (χ1v) is 12.8. The maximum Gasteiger partial charge on any atom is 0.295 e. The number of ketones is 1. The minimum absolute atomic E-state index is 0.118. The first-order chi connectivity index (χ1) is 17.0. The number of carbonyl (C=O) groups is 2. The van der Waals surface area contributed by atoms with Crippen LogP contribution in [0.25, 0.3) is 5.76 Å². The summed E-state index contributed by atoms with van der Waals surface area (Å²) in [7, 11) is 0. The molecule has 1 N–H and O–H groups in total. The Morgan fingerprint density at radius 2 is 1.43 bits per heavy atom. The second-order valence-electron chi connectivity index (χ2n) is 8.78. The quantitative estimate of drug-likeness (QED) is 0.159. The van der Waals surface area contributed by atoms with Crippen molar-refractivity contribution in [2.45, 2.75) is 65.3 Å². The predicted octanol–water partition coefficient (Wildman–Crippen LogP) is 6.27. The average molecular weight is 480 g/mol. The molecule has 1 saturated heterocycles. The van der Waals surface area contributed by atoms with Gasteiger partial charge in [0, 0.05) is 12.1 Å². The van der Waals surface area contributed by atoms with Crippen LogP contribution in [0.15, 0.2) is 54.1 Å². The predicted molar refractivity (Wildman–Crippen MR) is 138 cm³/mol. The fourth-order valence-electron chi connectivity index (χ4n) is 4.31. The fraction of sp³-hybridized carbons (Fsp3) is 0.448. The van der Waals surface area contributed by atoms with E-state index in [1.54, 1.807) is 29.2 Å². The van der Waals surface area contributed by atoms with Gasteiger partial charge in [0.15, 0.2) is 0 Å². The van der Waals surface area contributed by atoms with E-state index in [1.165, 1.54) is 0 Å². The number of hydrogen-bond donors (Lipinski definition) is 1. The van der Waals surface area contributed by atoms with Crippen molar-refractivity contribution in [2.75, 3.05) is 19.8 Å². The summed E-state index contributed by atoms with van der Waals surface area (Å²) in [4.78, 5) is 27.7. The summed E-state index contributed by atoms with van der Waals surface area (Å²) in [5.74, 6) is 0.0300. The zero-order valence-electron chi connectivity index (χ0n) is 21.1. The molecule has 0 saturated carbocycles. The van der Waals surface area contributed by atoms with Crippen LogP contribution in [-0.2, 0) is 9.59 Å². The van der Waals surface area contributed by atoms with Crippen LogP contribution in [0.2, 0.25) is 0 Å². The van der Waals surface area contributed by atoms with Gasteiger partial charge in [-0.3, -0.25) is 9.59 Å². The number of ether oxygens (including phenoxy) is 2. The van der Waals surface area contributed by atoms with E-state index in [2.05, 4.69) is 13.8 Å². The molecule has 0 aromatic heterocycles. The topological polar surface area (TPSA) is 76.1 Å². The molecule has 6 heteroatoms. The van der Waals surface area contributed by atoms with Crippen molar-refractivity contribution in [3.63, 3.8) is 0 Å². The van der Waals surface area contributed by atoms with Gasteiger partial charge in [-0.05, 0) is 61.7 Å². The number of benzene rings is 2. The summed E-state index contributed by atoms with van der Waals surface area (Å²) in [6, 6.07) is 13.7. The molecule has 3 rings (SSSR count). The number of Topliss-reactive ketones (excluding diaryl/α,β-unsaturated/α-hetero) is 1. The van der Waals surface area contributed by atoms with E-state index < -0.39 is 17.7 Å². The van der Waals surface area contributed by atoms with Crippen LogP contribution in [0.1, 0.15) is 76.5 Å². The zero-order valence-corrected chi connectivity index (χ0v) is 21.1. The Labute approximate surface area is 208 Å². The third-order valence-corrected chi connectivity index (χ3v) is 6.19.